The Labute approximate surface area is 285 Å². The highest BCUT2D eigenvalue weighted by molar-refractivity contribution is 7.26. The lowest BCUT2D eigenvalue weighted by Crippen LogP contribution is -2.33. The van der Waals surface area contributed by atoms with Gasteiger partial charge in [0.2, 0.25) is 0 Å². The third kappa shape index (κ3) is 4.87. The highest BCUT2D eigenvalue weighted by Crippen LogP contribution is 2.50. The molecule has 1 aromatic heterocycles. The molecule has 2 N–H and O–H groups in total. The second-order valence-electron chi connectivity index (χ2n) is 12.6. The molecule has 0 saturated carbocycles. The largest absolute Gasteiger partial charge is 0.398 e. The number of hydrogen-bond acceptors (Lipinski definition) is 3. The second kappa shape index (κ2) is 11.9. The monoisotopic (exact) mass is 634 g/mol. The molecule has 0 radical (unpaired) electrons. The molecule has 2 unspecified atom stereocenters. The van der Waals surface area contributed by atoms with Crippen molar-refractivity contribution in [2.45, 2.75) is 12.0 Å². The van der Waals surface area contributed by atoms with Crippen LogP contribution in [0.2, 0.25) is 0 Å². The van der Waals surface area contributed by atoms with Crippen molar-refractivity contribution >= 4 is 48.5 Å². The average Bonchev–Trinajstić information content (AvgIpc) is 3.69. The van der Waals surface area contributed by atoms with Crippen molar-refractivity contribution in [1.82, 2.24) is 0 Å². The number of hydrogen-bond donors (Lipinski definition) is 1. The van der Waals surface area contributed by atoms with Crippen molar-refractivity contribution in [2.24, 2.45) is 0 Å². The summed E-state index contributed by atoms with van der Waals surface area (Å²) in [7, 11) is 0. The van der Waals surface area contributed by atoms with Crippen LogP contribution in [0.5, 0.6) is 0 Å². The molecule has 230 valence electrons. The van der Waals surface area contributed by atoms with E-state index in [1.807, 2.05) is 23.5 Å². The fourth-order valence-corrected chi connectivity index (χ4v) is 8.87. The molecule has 0 spiro atoms. The molecular weight excluding hydrogens is 601 g/mol. The Balaban J connectivity index is 1.12. The molecule has 1 aliphatic heterocycles. The maximum atomic E-state index is 6.67. The molecule has 2 atom stereocenters. The van der Waals surface area contributed by atoms with Crippen molar-refractivity contribution < 1.29 is 0 Å². The number of anilines is 2. The highest BCUT2D eigenvalue weighted by atomic mass is 32.1. The van der Waals surface area contributed by atoms with E-state index in [9.17, 15) is 0 Å². The van der Waals surface area contributed by atoms with Gasteiger partial charge in [0, 0.05) is 55.1 Å². The van der Waals surface area contributed by atoms with Crippen molar-refractivity contribution in [1.29, 1.82) is 0 Å². The number of para-hydroxylation sites is 1. The number of rotatable bonds is 6. The molecule has 0 bridgehead atoms. The maximum Gasteiger partial charge on any atom is 0.0584 e. The van der Waals surface area contributed by atoms with Crippen molar-refractivity contribution in [3.8, 4) is 22.3 Å². The molecule has 0 fully saturated rings. The van der Waals surface area contributed by atoms with Crippen LogP contribution in [0.4, 0.5) is 11.4 Å². The molecule has 48 heavy (non-hydrogen) atoms. The molecule has 2 heterocycles. The number of nitrogens with two attached hydrogens (primary N) is 1. The first-order chi connectivity index (χ1) is 23.7. The SMILES string of the molecule is Nc1ccccc1/C(=C\CN1c2ccc3c(sc4ccccc43)c2C2C=CC=CC21)c1cccc(-c2ccc(-c3ccccc3)cc2)c1. The first-order valence-corrected chi connectivity index (χ1v) is 17.4. The van der Waals surface area contributed by atoms with E-state index in [4.69, 9.17) is 5.73 Å². The van der Waals surface area contributed by atoms with Crippen molar-refractivity contribution in [3.63, 3.8) is 0 Å². The van der Waals surface area contributed by atoms with Gasteiger partial charge < -0.3 is 10.6 Å². The average molecular weight is 635 g/mol. The minimum atomic E-state index is 0.265. The van der Waals surface area contributed by atoms with Crippen LogP contribution in [-0.4, -0.2) is 12.6 Å². The number of nitrogens with zero attached hydrogens (tertiary/aromatic N) is 1. The van der Waals surface area contributed by atoms with Gasteiger partial charge in [0.05, 0.1) is 6.04 Å². The maximum absolute atomic E-state index is 6.67. The van der Waals surface area contributed by atoms with Gasteiger partial charge in [0.25, 0.3) is 0 Å². The fourth-order valence-electron chi connectivity index (χ4n) is 7.58. The Kier molecular flexibility index (Phi) is 7.06. The van der Waals surface area contributed by atoms with Crippen LogP contribution in [0.1, 0.15) is 22.6 Å². The summed E-state index contributed by atoms with van der Waals surface area (Å²) < 4.78 is 2.76. The van der Waals surface area contributed by atoms with Crippen LogP contribution in [0.25, 0.3) is 48.0 Å². The number of fused-ring (bicyclic) bond motifs is 7. The molecule has 0 amide bonds. The van der Waals surface area contributed by atoms with Gasteiger partial charge in [0.1, 0.15) is 0 Å². The van der Waals surface area contributed by atoms with E-state index in [2.05, 4.69) is 163 Å². The third-order valence-corrected chi connectivity index (χ3v) is 11.1. The van der Waals surface area contributed by atoms with Crippen LogP contribution >= 0.6 is 11.3 Å². The van der Waals surface area contributed by atoms with Crippen LogP contribution in [0, 0.1) is 0 Å². The first kappa shape index (κ1) is 28.6. The number of allylic oxidation sites excluding steroid dienone is 2. The smallest absolute Gasteiger partial charge is 0.0584 e. The summed E-state index contributed by atoms with van der Waals surface area (Å²) in [6, 6.07) is 50.3. The summed E-state index contributed by atoms with van der Waals surface area (Å²) in [6.07, 6.45) is 11.6. The predicted octanol–water partition coefficient (Wildman–Crippen LogP) is 11.5. The molecule has 7 aromatic rings. The molecule has 3 heteroatoms. The lowest BCUT2D eigenvalue weighted by Gasteiger charge is -2.28. The van der Waals surface area contributed by atoms with Crippen LogP contribution < -0.4 is 10.6 Å². The normalized spacial score (nSPS) is 16.8. The van der Waals surface area contributed by atoms with Gasteiger partial charge in [-0.2, -0.15) is 0 Å². The molecule has 6 aromatic carbocycles. The van der Waals surface area contributed by atoms with E-state index in [1.54, 1.807) is 0 Å². The van der Waals surface area contributed by atoms with Gasteiger partial charge >= 0.3 is 0 Å². The molecule has 2 nitrogen and oxygen atoms in total. The highest BCUT2D eigenvalue weighted by Gasteiger charge is 2.38. The van der Waals surface area contributed by atoms with E-state index >= 15 is 0 Å². The Morgan fingerprint density at radius 1 is 0.646 bits per heavy atom. The molecule has 9 rings (SSSR count). The molecule has 0 saturated heterocycles. The summed E-state index contributed by atoms with van der Waals surface area (Å²) >= 11 is 1.93. The zero-order valence-corrected chi connectivity index (χ0v) is 27.3. The van der Waals surface area contributed by atoms with E-state index in [0.29, 0.717) is 5.92 Å². The Morgan fingerprint density at radius 3 is 2.21 bits per heavy atom. The third-order valence-electron chi connectivity index (χ3n) is 9.91. The Morgan fingerprint density at radius 2 is 1.35 bits per heavy atom. The molecular formula is C45H34N2S. The van der Waals surface area contributed by atoms with Gasteiger partial charge in [-0.05, 0) is 57.7 Å². The minimum Gasteiger partial charge on any atom is -0.398 e. The lowest BCUT2D eigenvalue weighted by atomic mass is 9.90. The van der Waals surface area contributed by atoms with Gasteiger partial charge in [-0.15, -0.1) is 11.3 Å². The van der Waals surface area contributed by atoms with Crippen LogP contribution in [0.15, 0.2) is 170 Å². The minimum absolute atomic E-state index is 0.265. The summed E-state index contributed by atoms with van der Waals surface area (Å²) in [5, 5.41) is 2.71. The van der Waals surface area contributed by atoms with Crippen LogP contribution in [-0.2, 0) is 0 Å². The number of nitrogen functional groups attached to an aromatic ring is 1. The topological polar surface area (TPSA) is 29.3 Å². The van der Waals surface area contributed by atoms with E-state index < -0.39 is 0 Å². The summed E-state index contributed by atoms with van der Waals surface area (Å²) in [5.41, 5.74) is 18.4. The molecule has 1 aliphatic carbocycles. The number of benzene rings is 6. The van der Waals surface area contributed by atoms with Gasteiger partial charge in [-0.3, -0.25) is 0 Å². The summed E-state index contributed by atoms with van der Waals surface area (Å²) in [6.45, 7) is 0.766. The molecule has 2 aliphatic rings. The van der Waals surface area contributed by atoms with Crippen molar-refractivity contribution in [3.05, 3.63) is 187 Å². The fraction of sp³-hybridized carbons (Fsp3) is 0.0667. The van der Waals surface area contributed by atoms with Crippen LogP contribution in [0.3, 0.4) is 0 Å². The zero-order chi connectivity index (χ0) is 32.0. The quantitative estimate of drug-likeness (QED) is 0.184. The first-order valence-electron chi connectivity index (χ1n) is 16.6. The van der Waals surface area contributed by atoms with Gasteiger partial charge in [-0.1, -0.05) is 146 Å². The van der Waals surface area contributed by atoms with E-state index in [0.717, 1.165) is 28.9 Å². The Bertz CT molecular complexity index is 2390. The lowest BCUT2D eigenvalue weighted by molar-refractivity contribution is 0.704. The van der Waals surface area contributed by atoms with E-state index in [-0.39, 0.29) is 6.04 Å². The number of thiophene rings is 1. The van der Waals surface area contributed by atoms with Crippen molar-refractivity contribution in [2.75, 3.05) is 17.2 Å². The second-order valence-corrected chi connectivity index (χ2v) is 13.7. The Hall–Kier alpha value is -5.64. The van der Waals surface area contributed by atoms with Gasteiger partial charge in [0.15, 0.2) is 0 Å². The predicted molar refractivity (Wildman–Crippen MR) is 207 cm³/mol. The zero-order valence-electron chi connectivity index (χ0n) is 26.5. The van der Waals surface area contributed by atoms with Gasteiger partial charge in [-0.25, -0.2) is 0 Å². The summed E-state index contributed by atoms with van der Waals surface area (Å²) in [4.78, 5) is 2.58. The summed E-state index contributed by atoms with van der Waals surface area (Å²) in [5.74, 6) is 0.322. The van der Waals surface area contributed by atoms with E-state index in [1.165, 1.54) is 53.7 Å². The standard InChI is InChI=1S/C45H34N2S/c46-40-18-7-4-15-36(40)35(34-14-10-13-33(29-34)32-23-21-31(22-24-32)30-11-2-1-3-12-30)27-28-47-41-19-8-5-17-39(41)44-42(47)26-25-38-37-16-6-9-20-43(37)48-45(38)44/h1-27,29,39,41H,28,46H2/b35-27-.